The first-order chi connectivity index (χ1) is 8.00. The van der Waals surface area contributed by atoms with Crippen LogP contribution in [0.4, 0.5) is 0 Å². The minimum absolute atomic E-state index is 0.291. The highest BCUT2D eigenvalue weighted by Crippen LogP contribution is 2.21. The van der Waals surface area contributed by atoms with E-state index in [4.69, 9.17) is 5.11 Å². The lowest BCUT2D eigenvalue weighted by atomic mass is 10.3. The van der Waals surface area contributed by atoms with Crippen molar-refractivity contribution >= 4 is 23.6 Å². The van der Waals surface area contributed by atoms with Gasteiger partial charge in [0.05, 0.1) is 0 Å². The molecule has 2 N–H and O–H groups in total. The summed E-state index contributed by atoms with van der Waals surface area (Å²) in [4.78, 5) is 26.7. The van der Waals surface area contributed by atoms with Crippen molar-refractivity contribution in [2.75, 3.05) is 5.75 Å². The van der Waals surface area contributed by atoms with Gasteiger partial charge in [-0.3, -0.25) is 9.78 Å². The van der Waals surface area contributed by atoms with Crippen LogP contribution in [0, 0.1) is 6.92 Å². The van der Waals surface area contributed by atoms with E-state index < -0.39 is 12.0 Å². The van der Waals surface area contributed by atoms with Crippen molar-refractivity contribution in [3.8, 4) is 0 Å². The molecule has 1 aromatic rings. The molecule has 0 aliphatic rings. The summed E-state index contributed by atoms with van der Waals surface area (Å²) in [6, 6.07) is 0.956. The molecule has 1 amide bonds. The lowest BCUT2D eigenvalue weighted by molar-refractivity contribution is -0.140. The number of hydrogen-bond acceptors (Lipinski definition) is 4. The Morgan fingerprint density at radius 2 is 2.29 bits per heavy atom. The molecule has 0 bridgehead atoms. The number of aromatic nitrogens is 1. The highest BCUT2D eigenvalue weighted by atomic mass is 32.2. The van der Waals surface area contributed by atoms with Crippen LogP contribution in [-0.4, -0.2) is 33.8 Å². The summed E-state index contributed by atoms with van der Waals surface area (Å²) in [5, 5.41) is 11.3. The molecule has 0 radical (unpaired) electrons. The molecule has 1 aromatic heterocycles. The van der Waals surface area contributed by atoms with Crippen LogP contribution in [-0.2, 0) is 9.59 Å². The van der Waals surface area contributed by atoms with E-state index in [9.17, 15) is 9.59 Å². The Morgan fingerprint density at radius 1 is 1.59 bits per heavy atom. The van der Waals surface area contributed by atoms with E-state index in [1.54, 1.807) is 12.4 Å². The average molecular weight is 254 g/mol. The smallest absolute Gasteiger partial charge is 0.327 e. The van der Waals surface area contributed by atoms with Gasteiger partial charge in [-0.2, -0.15) is 0 Å². The number of nitrogens with zero attached hydrogens (tertiary/aromatic N) is 1. The first-order valence-electron chi connectivity index (χ1n) is 5.04. The summed E-state index contributed by atoms with van der Waals surface area (Å²) in [7, 11) is 0. The summed E-state index contributed by atoms with van der Waals surface area (Å²) in [6.07, 6.45) is 3.38. The lowest BCUT2D eigenvalue weighted by Gasteiger charge is -2.13. The molecule has 0 saturated carbocycles. The second-order valence-corrected chi connectivity index (χ2v) is 4.61. The second kappa shape index (κ2) is 6.24. The SMILES string of the molecule is CC(=O)N[C@@H](CSc1ccncc1C)C(=O)O. The van der Waals surface area contributed by atoms with Crippen molar-refractivity contribution in [3.05, 3.63) is 24.0 Å². The summed E-state index contributed by atoms with van der Waals surface area (Å²) >= 11 is 1.39. The molecule has 17 heavy (non-hydrogen) atoms. The van der Waals surface area contributed by atoms with Crippen LogP contribution in [0.25, 0.3) is 0 Å². The number of nitrogens with one attached hydrogen (secondary N) is 1. The van der Waals surface area contributed by atoms with Gasteiger partial charge in [-0.1, -0.05) is 0 Å². The monoisotopic (exact) mass is 254 g/mol. The van der Waals surface area contributed by atoms with Gasteiger partial charge in [0.15, 0.2) is 0 Å². The molecular formula is C11H14N2O3S. The predicted molar refractivity (Wildman–Crippen MR) is 64.9 cm³/mol. The van der Waals surface area contributed by atoms with Crippen LogP contribution < -0.4 is 5.32 Å². The number of aryl methyl sites for hydroxylation is 1. The zero-order chi connectivity index (χ0) is 12.8. The third-order valence-corrected chi connectivity index (χ3v) is 3.32. The van der Waals surface area contributed by atoms with Crippen LogP contribution >= 0.6 is 11.8 Å². The van der Waals surface area contributed by atoms with Crippen LogP contribution in [0.1, 0.15) is 12.5 Å². The minimum Gasteiger partial charge on any atom is -0.480 e. The van der Waals surface area contributed by atoms with Crippen molar-refractivity contribution in [2.24, 2.45) is 0 Å². The maximum absolute atomic E-state index is 10.9. The largest absolute Gasteiger partial charge is 0.480 e. The molecule has 0 aromatic carbocycles. The average Bonchev–Trinajstić information content (AvgIpc) is 2.25. The number of rotatable bonds is 5. The first-order valence-corrected chi connectivity index (χ1v) is 6.02. The van der Waals surface area contributed by atoms with Gasteiger partial charge in [-0.15, -0.1) is 11.8 Å². The fraction of sp³-hybridized carbons (Fsp3) is 0.364. The number of aliphatic carboxylic acids is 1. The first kappa shape index (κ1) is 13.5. The predicted octanol–water partition coefficient (Wildman–Crippen LogP) is 1.07. The van der Waals surface area contributed by atoms with E-state index in [2.05, 4.69) is 10.3 Å². The van der Waals surface area contributed by atoms with Gasteiger partial charge in [-0.05, 0) is 18.6 Å². The Labute approximate surface area is 104 Å². The van der Waals surface area contributed by atoms with Gasteiger partial charge >= 0.3 is 5.97 Å². The molecule has 92 valence electrons. The molecule has 6 heteroatoms. The van der Waals surface area contributed by atoms with Crippen molar-refractivity contribution in [1.29, 1.82) is 0 Å². The fourth-order valence-electron chi connectivity index (χ4n) is 1.22. The molecule has 5 nitrogen and oxygen atoms in total. The van der Waals surface area contributed by atoms with Crippen molar-refractivity contribution in [3.63, 3.8) is 0 Å². The molecular weight excluding hydrogens is 240 g/mol. The van der Waals surface area contributed by atoms with Crippen LogP contribution in [0.5, 0.6) is 0 Å². The van der Waals surface area contributed by atoms with Crippen LogP contribution in [0.2, 0.25) is 0 Å². The normalized spacial score (nSPS) is 11.9. The van der Waals surface area contributed by atoms with Gasteiger partial charge in [0, 0.05) is 30.0 Å². The summed E-state index contributed by atoms with van der Waals surface area (Å²) < 4.78 is 0. The quantitative estimate of drug-likeness (QED) is 0.768. The molecule has 0 fully saturated rings. The van der Waals surface area contributed by atoms with E-state index in [0.29, 0.717) is 5.75 Å². The van der Waals surface area contributed by atoms with Crippen LogP contribution in [0.3, 0.4) is 0 Å². The van der Waals surface area contributed by atoms with Gasteiger partial charge in [0.25, 0.3) is 0 Å². The molecule has 1 atom stereocenters. The van der Waals surface area contributed by atoms with E-state index in [1.165, 1.54) is 18.7 Å². The number of pyridine rings is 1. The maximum atomic E-state index is 10.9. The topological polar surface area (TPSA) is 79.3 Å². The highest BCUT2D eigenvalue weighted by molar-refractivity contribution is 7.99. The number of carboxylic acids is 1. The fourth-order valence-corrected chi connectivity index (χ4v) is 2.23. The standard InChI is InChI=1S/C11H14N2O3S/c1-7-5-12-4-3-10(7)17-6-9(11(15)16)13-8(2)14/h3-5,9H,6H2,1-2H3,(H,13,14)(H,15,16)/t9-/m0/s1. The molecule has 0 saturated heterocycles. The molecule has 0 aliphatic heterocycles. The van der Waals surface area contributed by atoms with Gasteiger partial charge in [0.2, 0.25) is 5.91 Å². The molecule has 1 rings (SSSR count). The molecule has 1 heterocycles. The number of carboxylic acid groups (broad SMARTS) is 1. The molecule has 0 aliphatic carbocycles. The van der Waals surface area contributed by atoms with Gasteiger partial charge in [-0.25, -0.2) is 4.79 Å². The Kier molecular flexibility index (Phi) is 4.96. The van der Waals surface area contributed by atoms with Crippen molar-refractivity contribution in [1.82, 2.24) is 10.3 Å². The van der Waals surface area contributed by atoms with E-state index in [-0.39, 0.29) is 5.91 Å². The maximum Gasteiger partial charge on any atom is 0.327 e. The number of hydrogen-bond donors (Lipinski definition) is 2. The molecule has 0 spiro atoms. The second-order valence-electron chi connectivity index (χ2n) is 3.54. The Morgan fingerprint density at radius 3 is 2.82 bits per heavy atom. The molecule has 0 unspecified atom stereocenters. The Hall–Kier alpha value is -1.56. The third kappa shape index (κ3) is 4.44. The summed E-state index contributed by atoms with van der Waals surface area (Å²) in [6.45, 7) is 3.21. The van der Waals surface area contributed by atoms with Gasteiger partial charge < -0.3 is 10.4 Å². The van der Waals surface area contributed by atoms with E-state index >= 15 is 0 Å². The van der Waals surface area contributed by atoms with Gasteiger partial charge in [0.1, 0.15) is 6.04 Å². The van der Waals surface area contributed by atoms with E-state index in [1.807, 2.05) is 13.0 Å². The highest BCUT2D eigenvalue weighted by Gasteiger charge is 2.18. The third-order valence-electron chi connectivity index (χ3n) is 2.05. The zero-order valence-corrected chi connectivity index (χ0v) is 10.5. The van der Waals surface area contributed by atoms with E-state index in [0.717, 1.165) is 10.5 Å². The van der Waals surface area contributed by atoms with Crippen molar-refractivity contribution < 1.29 is 14.7 Å². The number of carbonyl (C=O) groups excluding carboxylic acids is 1. The van der Waals surface area contributed by atoms with Crippen LogP contribution in [0.15, 0.2) is 23.4 Å². The zero-order valence-electron chi connectivity index (χ0n) is 9.64. The minimum atomic E-state index is -1.03. The number of thioether (sulfide) groups is 1. The number of amides is 1. The Balaban J connectivity index is 2.61. The van der Waals surface area contributed by atoms with Crippen molar-refractivity contribution in [2.45, 2.75) is 24.8 Å². The lowest BCUT2D eigenvalue weighted by Crippen LogP contribution is -2.41. The summed E-state index contributed by atoms with van der Waals surface area (Å²) in [5.41, 5.74) is 0.990. The summed E-state index contributed by atoms with van der Waals surface area (Å²) in [5.74, 6) is -1.08. The number of carbonyl (C=O) groups is 2. The Bertz CT molecular complexity index is 423.